The van der Waals surface area contributed by atoms with Crippen molar-refractivity contribution in [2.45, 2.75) is 32.6 Å². The Bertz CT molecular complexity index is 1850. The summed E-state index contributed by atoms with van der Waals surface area (Å²) in [6, 6.07) is 17.7. The molecule has 0 bridgehead atoms. The fourth-order valence-electron chi connectivity index (χ4n) is 4.67. The zero-order valence-corrected chi connectivity index (χ0v) is 25.7. The normalized spacial score (nSPS) is 11.5. The van der Waals surface area contributed by atoms with Crippen molar-refractivity contribution in [3.8, 4) is 11.4 Å². The third-order valence-corrected chi connectivity index (χ3v) is 8.87. The smallest absolute Gasteiger partial charge is 0.273 e. The Kier molecular flexibility index (Phi) is 9.22. The maximum atomic E-state index is 13.9. The first kappa shape index (κ1) is 31.3. The van der Waals surface area contributed by atoms with E-state index >= 15 is 0 Å². The van der Waals surface area contributed by atoms with Gasteiger partial charge in [-0.05, 0) is 69.7 Å². The van der Waals surface area contributed by atoms with E-state index in [4.69, 9.17) is 16.3 Å². The molecule has 4 rings (SSSR count). The largest absolute Gasteiger partial charge is 0.495 e. The van der Waals surface area contributed by atoms with Crippen LogP contribution in [0.5, 0.6) is 5.75 Å². The van der Waals surface area contributed by atoms with Crippen LogP contribution in [0.1, 0.15) is 28.1 Å². The van der Waals surface area contributed by atoms with E-state index in [0.29, 0.717) is 0 Å². The van der Waals surface area contributed by atoms with Crippen LogP contribution >= 0.6 is 11.6 Å². The van der Waals surface area contributed by atoms with E-state index in [1.54, 1.807) is 0 Å². The summed E-state index contributed by atoms with van der Waals surface area (Å²) in [6.45, 7) is 6.69. The monoisotopic (exact) mass is 623 g/mol. The zero-order valence-electron chi connectivity index (χ0n) is 24.2. The van der Waals surface area contributed by atoms with Gasteiger partial charge in [-0.25, -0.2) is 13.8 Å². The number of nitrogens with one attached hydrogen (secondary N) is 1. The molecule has 1 amide bonds. The minimum absolute atomic E-state index is 0.0286. The first-order chi connectivity index (χ1) is 20.3. The van der Waals surface area contributed by atoms with Gasteiger partial charge in [-0.15, -0.1) is 0 Å². The molecule has 0 saturated heterocycles. The number of hydrogen-bond donors (Lipinski definition) is 1. The number of rotatable bonds is 10. The number of benzene rings is 3. The molecule has 1 heterocycles. The van der Waals surface area contributed by atoms with Crippen LogP contribution in [0.15, 0.2) is 76.7 Å². The Morgan fingerprint density at radius 1 is 1.07 bits per heavy atom. The summed E-state index contributed by atoms with van der Waals surface area (Å²) < 4.78 is 35.9. The molecule has 0 aliphatic carbocycles. The van der Waals surface area contributed by atoms with Crippen molar-refractivity contribution in [2.24, 2.45) is 5.10 Å². The Morgan fingerprint density at radius 3 is 2.47 bits per heavy atom. The van der Waals surface area contributed by atoms with Crippen molar-refractivity contribution < 1.29 is 22.9 Å². The van der Waals surface area contributed by atoms with Gasteiger partial charge in [0.05, 0.1) is 28.8 Å². The zero-order chi connectivity index (χ0) is 31.5. The Balaban J connectivity index is 1.66. The van der Waals surface area contributed by atoms with Crippen molar-refractivity contribution in [3.63, 3.8) is 0 Å². The van der Waals surface area contributed by atoms with Crippen LogP contribution in [-0.4, -0.2) is 43.7 Å². The number of para-hydroxylation sites is 1. The number of ether oxygens (including phenoxy) is 1. The molecule has 3 aromatic carbocycles. The van der Waals surface area contributed by atoms with Crippen LogP contribution < -0.4 is 14.5 Å². The number of carbonyl (C=O) groups is 1. The average Bonchev–Trinajstić information content (AvgIpc) is 3.24. The number of hydrogen-bond acceptors (Lipinski definition) is 7. The van der Waals surface area contributed by atoms with Crippen LogP contribution in [0, 0.1) is 37.8 Å². The van der Waals surface area contributed by atoms with E-state index in [1.807, 2.05) is 51.1 Å². The molecule has 0 fully saturated rings. The minimum Gasteiger partial charge on any atom is -0.495 e. The van der Waals surface area contributed by atoms with Gasteiger partial charge in [0.15, 0.2) is 0 Å². The van der Waals surface area contributed by atoms with Crippen molar-refractivity contribution in [2.75, 3.05) is 18.0 Å². The molecule has 4 aromatic rings. The molecular weight excluding hydrogens is 594 g/mol. The summed E-state index contributed by atoms with van der Waals surface area (Å²) in [5.41, 5.74) is 7.01. The van der Waals surface area contributed by atoms with Gasteiger partial charge in [0.1, 0.15) is 12.3 Å². The number of sulfonamides is 1. The lowest BCUT2D eigenvalue weighted by atomic mass is 10.2. The Hall–Kier alpha value is -4.68. The van der Waals surface area contributed by atoms with Gasteiger partial charge in [0.2, 0.25) is 0 Å². The summed E-state index contributed by atoms with van der Waals surface area (Å²) in [5, 5.41) is 15.8. The summed E-state index contributed by atoms with van der Waals surface area (Å²) in [4.78, 5) is 23.6. The second kappa shape index (κ2) is 12.7. The van der Waals surface area contributed by atoms with Gasteiger partial charge >= 0.3 is 0 Å². The van der Waals surface area contributed by atoms with Crippen LogP contribution in [0.3, 0.4) is 0 Å². The third-order valence-electron chi connectivity index (χ3n) is 6.88. The first-order valence-corrected chi connectivity index (χ1v) is 14.8. The van der Waals surface area contributed by atoms with E-state index in [1.165, 1.54) is 50.6 Å². The molecule has 0 aliphatic rings. The Labute approximate surface area is 254 Å². The van der Waals surface area contributed by atoms with E-state index in [-0.39, 0.29) is 32.6 Å². The number of halogens is 1. The standard InChI is InChI=1S/C30H30ClN5O6S/c1-19-8-6-7-9-26(19)35-21(3)14-23(22(35)4)17-32-33-30(37)18-34(28-15-24(31)11-13-29(28)42-5)43(40,41)25-12-10-20(2)27(16-25)36(38)39/h6-17H,18H2,1-5H3,(H,33,37)/b32-17-. The number of nitro groups is 1. The van der Waals surface area contributed by atoms with E-state index in [0.717, 1.165) is 38.6 Å². The van der Waals surface area contributed by atoms with E-state index in [9.17, 15) is 23.3 Å². The number of methoxy groups -OCH3 is 1. The second-order valence-corrected chi connectivity index (χ2v) is 12.1. The SMILES string of the molecule is COc1ccc(Cl)cc1N(CC(=O)N/N=C\c1cc(C)n(-c2ccccc2C)c1C)S(=O)(=O)c1ccc(C)c([N+](=O)[O-])c1. The number of hydrazone groups is 1. The van der Waals surface area contributed by atoms with Gasteiger partial charge in [-0.2, -0.15) is 5.10 Å². The van der Waals surface area contributed by atoms with Gasteiger partial charge in [0, 0.05) is 39.3 Å². The van der Waals surface area contributed by atoms with Crippen molar-refractivity contribution in [3.05, 3.63) is 110 Å². The molecule has 0 radical (unpaired) electrons. The fraction of sp³-hybridized carbons (Fsp3) is 0.200. The first-order valence-electron chi connectivity index (χ1n) is 13.0. The number of aromatic nitrogens is 1. The number of carbonyl (C=O) groups excluding carboxylic acids is 1. The molecule has 0 aliphatic heterocycles. The van der Waals surface area contributed by atoms with Crippen LogP contribution in [-0.2, 0) is 14.8 Å². The highest BCUT2D eigenvalue weighted by atomic mass is 35.5. The molecule has 1 aromatic heterocycles. The number of amides is 1. The third kappa shape index (κ3) is 6.55. The molecule has 13 heteroatoms. The minimum atomic E-state index is -4.52. The predicted molar refractivity (Wildman–Crippen MR) is 166 cm³/mol. The topological polar surface area (TPSA) is 136 Å². The molecule has 0 unspecified atom stereocenters. The summed E-state index contributed by atoms with van der Waals surface area (Å²) in [6.07, 6.45) is 1.48. The van der Waals surface area contributed by atoms with Gasteiger partial charge in [-0.1, -0.05) is 35.9 Å². The molecule has 224 valence electrons. The van der Waals surface area contributed by atoms with Crippen LogP contribution in [0.2, 0.25) is 5.02 Å². The Morgan fingerprint density at radius 2 is 1.79 bits per heavy atom. The average molecular weight is 624 g/mol. The van der Waals surface area contributed by atoms with Crippen LogP contribution in [0.4, 0.5) is 11.4 Å². The highest BCUT2D eigenvalue weighted by Gasteiger charge is 2.31. The molecule has 11 nitrogen and oxygen atoms in total. The molecule has 1 N–H and O–H groups in total. The molecule has 0 saturated carbocycles. The highest BCUT2D eigenvalue weighted by Crippen LogP contribution is 2.35. The predicted octanol–water partition coefficient (Wildman–Crippen LogP) is 5.63. The van der Waals surface area contributed by atoms with Crippen molar-refractivity contribution >= 4 is 45.1 Å². The van der Waals surface area contributed by atoms with Crippen LogP contribution in [0.25, 0.3) is 5.69 Å². The lowest BCUT2D eigenvalue weighted by molar-refractivity contribution is -0.385. The van der Waals surface area contributed by atoms with Gasteiger partial charge in [0.25, 0.3) is 21.6 Å². The van der Waals surface area contributed by atoms with Gasteiger partial charge < -0.3 is 9.30 Å². The lowest BCUT2D eigenvalue weighted by Gasteiger charge is -2.25. The van der Waals surface area contributed by atoms with Crippen molar-refractivity contribution in [1.82, 2.24) is 9.99 Å². The number of nitro benzene ring substituents is 1. The molecular formula is C30H30ClN5O6S. The second-order valence-electron chi connectivity index (χ2n) is 9.77. The number of anilines is 1. The fourth-order valence-corrected chi connectivity index (χ4v) is 6.28. The maximum Gasteiger partial charge on any atom is 0.273 e. The van der Waals surface area contributed by atoms with E-state index in [2.05, 4.69) is 15.1 Å². The quantitative estimate of drug-likeness (QED) is 0.138. The summed E-state index contributed by atoms with van der Waals surface area (Å²) in [5.74, 6) is -0.647. The number of nitrogens with zero attached hydrogens (tertiary/aromatic N) is 4. The highest BCUT2D eigenvalue weighted by molar-refractivity contribution is 7.92. The summed E-state index contributed by atoms with van der Waals surface area (Å²) >= 11 is 6.18. The van der Waals surface area contributed by atoms with Crippen molar-refractivity contribution in [1.29, 1.82) is 0 Å². The van der Waals surface area contributed by atoms with E-state index < -0.39 is 27.4 Å². The van der Waals surface area contributed by atoms with Gasteiger partial charge in [-0.3, -0.25) is 19.2 Å². The molecule has 43 heavy (non-hydrogen) atoms. The molecule has 0 spiro atoms. The molecule has 0 atom stereocenters. The number of aryl methyl sites for hydroxylation is 3. The lowest BCUT2D eigenvalue weighted by Crippen LogP contribution is -2.39. The summed E-state index contributed by atoms with van der Waals surface area (Å²) in [7, 11) is -3.18. The maximum absolute atomic E-state index is 13.9.